The van der Waals surface area contributed by atoms with Crippen LogP contribution in [0.1, 0.15) is 37.6 Å². The van der Waals surface area contributed by atoms with Crippen LogP contribution in [0.3, 0.4) is 0 Å². The van der Waals surface area contributed by atoms with Crippen LogP contribution < -0.4 is 5.32 Å². The second kappa shape index (κ2) is 8.40. The lowest BCUT2D eigenvalue weighted by Crippen LogP contribution is -2.15. The molecule has 0 aliphatic carbocycles. The maximum Gasteiger partial charge on any atom is 0.418 e. The fourth-order valence-electron chi connectivity index (χ4n) is 3.38. The second-order valence-corrected chi connectivity index (χ2v) is 8.10. The van der Waals surface area contributed by atoms with Crippen molar-refractivity contribution < 1.29 is 18.3 Å². The summed E-state index contributed by atoms with van der Waals surface area (Å²) in [6.45, 7) is 5.28. The molecule has 2 N–H and O–H groups in total. The van der Waals surface area contributed by atoms with Crippen molar-refractivity contribution in [1.29, 1.82) is 0 Å². The lowest BCUT2D eigenvalue weighted by Gasteiger charge is -2.18. The first-order chi connectivity index (χ1) is 15.6. The van der Waals surface area contributed by atoms with E-state index in [1.54, 1.807) is 38.2 Å². The molecule has 0 radical (unpaired) electrons. The molecule has 4 aromatic rings. The average molecular weight is 453 g/mol. The van der Waals surface area contributed by atoms with Crippen LogP contribution in [-0.2, 0) is 18.2 Å². The molecule has 170 valence electrons. The van der Waals surface area contributed by atoms with E-state index in [0.717, 1.165) is 11.8 Å². The van der Waals surface area contributed by atoms with Crippen molar-refractivity contribution in [1.82, 2.24) is 19.9 Å². The fraction of sp³-hybridized carbons (Fsp3) is 0.250. The van der Waals surface area contributed by atoms with Gasteiger partial charge in [-0.2, -0.15) is 13.2 Å². The first-order valence-corrected chi connectivity index (χ1v) is 10.4. The maximum atomic E-state index is 13.5. The van der Waals surface area contributed by atoms with Crippen LogP contribution in [0.15, 0.2) is 54.9 Å². The zero-order valence-corrected chi connectivity index (χ0v) is 18.3. The summed E-state index contributed by atoms with van der Waals surface area (Å²) >= 11 is 0. The molecule has 4 aromatic heterocycles. The predicted octanol–water partition coefficient (Wildman–Crippen LogP) is 5.64. The average Bonchev–Trinajstić information content (AvgIpc) is 2.77. The van der Waals surface area contributed by atoms with Gasteiger partial charge in [0.25, 0.3) is 0 Å². The van der Waals surface area contributed by atoms with E-state index in [9.17, 15) is 18.3 Å². The summed E-state index contributed by atoms with van der Waals surface area (Å²) in [6, 6.07) is 10.8. The largest absolute Gasteiger partial charge is 0.418 e. The molecule has 0 saturated carbocycles. The van der Waals surface area contributed by atoms with Gasteiger partial charge in [-0.25, -0.2) is 15.0 Å². The smallest absolute Gasteiger partial charge is 0.386 e. The standard InChI is InChI=1S/C24H22F3N5O/c1-4-15-12-19(31-20-10-7-14(13-29-20)23(2,3)33)16-8-9-18(32-22(16)30-15)21-17(24(25,26)27)6-5-11-28-21/h5-13,33H,4H2,1-3H3,(H,29,30,31,32). The van der Waals surface area contributed by atoms with Crippen LogP contribution in [0.5, 0.6) is 0 Å². The summed E-state index contributed by atoms with van der Waals surface area (Å²) < 4.78 is 40.4. The topological polar surface area (TPSA) is 83.8 Å². The Kier molecular flexibility index (Phi) is 5.75. The minimum Gasteiger partial charge on any atom is -0.386 e. The van der Waals surface area contributed by atoms with Gasteiger partial charge in [0.1, 0.15) is 11.5 Å². The van der Waals surface area contributed by atoms with Crippen LogP contribution >= 0.6 is 0 Å². The number of rotatable bonds is 5. The van der Waals surface area contributed by atoms with Crippen molar-refractivity contribution in [3.63, 3.8) is 0 Å². The van der Waals surface area contributed by atoms with Crippen molar-refractivity contribution in [3.8, 4) is 11.4 Å². The molecule has 0 aromatic carbocycles. The third-order valence-corrected chi connectivity index (χ3v) is 5.18. The van der Waals surface area contributed by atoms with Gasteiger partial charge >= 0.3 is 6.18 Å². The molecular formula is C24H22F3N5O. The fourth-order valence-corrected chi connectivity index (χ4v) is 3.38. The number of aromatic nitrogens is 4. The molecule has 6 nitrogen and oxygen atoms in total. The molecule has 0 spiro atoms. The van der Waals surface area contributed by atoms with Crippen molar-refractivity contribution in [2.45, 2.75) is 39.0 Å². The Hall–Kier alpha value is -3.59. The van der Waals surface area contributed by atoms with Crippen molar-refractivity contribution in [2.75, 3.05) is 5.32 Å². The monoisotopic (exact) mass is 453 g/mol. The van der Waals surface area contributed by atoms with Gasteiger partial charge in [0.2, 0.25) is 0 Å². The van der Waals surface area contributed by atoms with Crippen molar-refractivity contribution in [2.24, 2.45) is 0 Å². The Balaban J connectivity index is 1.77. The van der Waals surface area contributed by atoms with Gasteiger partial charge in [-0.15, -0.1) is 0 Å². The molecular weight excluding hydrogens is 431 g/mol. The Morgan fingerprint density at radius 1 is 1.00 bits per heavy atom. The van der Waals surface area contributed by atoms with Crippen molar-refractivity contribution in [3.05, 3.63) is 71.7 Å². The molecule has 0 bridgehead atoms. The number of nitrogens with zero attached hydrogens (tertiary/aromatic N) is 4. The molecule has 4 heterocycles. The second-order valence-electron chi connectivity index (χ2n) is 8.10. The summed E-state index contributed by atoms with van der Waals surface area (Å²) in [7, 11) is 0. The highest BCUT2D eigenvalue weighted by Gasteiger charge is 2.34. The Morgan fingerprint density at radius 2 is 1.79 bits per heavy atom. The minimum absolute atomic E-state index is 0.0924. The lowest BCUT2D eigenvalue weighted by atomic mass is 10.0. The number of nitrogens with one attached hydrogen (secondary N) is 1. The number of hydrogen-bond acceptors (Lipinski definition) is 6. The number of anilines is 2. The number of alkyl halides is 3. The third-order valence-electron chi connectivity index (χ3n) is 5.18. The molecule has 4 rings (SSSR count). The first kappa shape index (κ1) is 22.6. The number of fused-ring (bicyclic) bond motifs is 1. The quantitative estimate of drug-likeness (QED) is 0.407. The molecule has 0 amide bonds. The Bertz CT molecular complexity index is 1300. The Labute approximate surface area is 188 Å². The number of hydrogen-bond donors (Lipinski definition) is 2. The van der Waals surface area contributed by atoms with E-state index >= 15 is 0 Å². The summed E-state index contributed by atoms with van der Waals surface area (Å²) in [4.78, 5) is 17.2. The van der Waals surface area contributed by atoms with Gasteiger partial charge in [-0.1, -0.05) is 13.0 Å². The maximum absolute atomic E-state index is 13.5. The summed E-state index contributed by atoms with van der Waals surface area (Å²) in [6.07, 6.45) is -1.05. The molecule has 33 heavy (non-hydrogen) atoms. The van der Waals surface area contributed by atoms with Gasteiger partial charge in [0, 0.05) is 29.0 Å². The van der Waals surface area contributed by atoms with Gasteiger partial charge in [-0.3, -0.25) is 4.98 Å². The van der Waals surface area contributed by atoms with E-state index < -0.39 is 17.3 Å². The van der Waals surface area contributed by atoms with Gasteiger partial charge in [-0.05, 0) is 56.7 Å². The SMILES string of the molecule is CCc1cc(Nc2ccc(C(C)(C)O)cn2)c2ccc(-c3ncccc3C(F)(F)F)nc2n1. The predicted molar refractivity (Wildman–Crippen MR) is 120 cm³/mol. The molecule has 0 atom stereocenters. The molecule has 0 aliphatic heterocycles. The zero-order chi connectivity index (χ0) is 23.8. The molecule has 0 aliphatic rings. The van der Waals surface area contributed by atoms with E-state index in [4.69, 9.17) is 0 Å². The first-order valence-electron chi connectivity index (χ1n) is 10.4. The summed E-state index contributed by atoms with van der Waals surface area (Å²) in [5.41, 5.74) is 0.369. The number of aryl methyl sites for hydroxylation is 1. The van der Waals surface area contributed by atoms with E-state index in [1.807, 2.05) is 13.0 Å². The highest BCUT2D eigenvalue weighted by Crippen LogP contribution is 2.36. The molecule has 0 unspecified atom stereocenters. The molecule has 0 saturated heterocycles. The van der Waals surface area contributed by atoms with Crippen LogP contribution in [0.4, 0.5) is 24.7 Å². The van der Waals surface area contributed by atoms with E-state index in [-0.39, 0.29) is 11.4 Å². The number of aliphatic hydroxyl groups is 1. The molecule has 0 fully saturated rings. The molecule has 9 heteroatoms. The van der Waals surface area contributed by atoms with E-state index in [0.29, 0.717) is 34.5 Å². The summed E-state index contributed by atoms with van der Waals surface area (Å²) in [5, 5.41) is 14.0. The van der Waals surface area contributed by atoms with Crippen LogP contribution in [0, 0.1) is 0 Å². The summed E-state index contributed by atoms with van der Waals surface area (Å²) in [5.74, 6) is 0.547. The van der Waals surface area contributed by atoms with Gasteiger partial charge in [0.15, 0.2) is 5.65 Å². The van der Waals surface area contributed by atoms with Crippen LogP contribution in [-0.4, -0.2) is 25.0 Å². The number of pyridine rings is 4. The Morgan fingerprint density at radius 3 is 2.42 bits per heavy atom. The lowest BCUT2D eigenvalue weighted by molar-refractivity contribution is -0.137. The number of halogens is 3. The van der Waals surface area contributed by atoms with Crippen LogP contribution in [0.2, 0.25) is 0 Å². The third kappa shape index (κ3) is 4.78. The highest BCUT2D eigenvalue weighted by atomic mass is 19.4. The minimum atomic E-state index is -4.55. The highest BCUT2D eigenvalue weighted by molar-refractivity contribution is 5.92. The zero-order valence-electron chi connectivity index (χ0n) is 18.3. The van der Waals surface area contributed by atoms with Gasteiger partial charge in [0.05, 0.1) is 22.5 Å². The van der Waals surface area contributed by atoms with Crippen molar-refractivity contribution >= 4 is 22.5 Å². The van der Waals surface area contributed by atoms with E-state index in [1.165, 1.54) is 18.3 Å². The van der Waals surface area contributed by atoms with Crippen LogP contribution in [0.25, 0.3) is 22.4 Å². The van der Waals surface area contributed by atoms with Gasteiger partial charge < -0.3 is 10.4 Å². The normalized spacial score (nSPS) is 12.2. The van der Waals surface area contributed by atoms with E-state index in [2.05, 4.69) is 25.3 Å².